The molecule has 7 heteroatoms. The summed E-state index contributed by atoms with van der Waals surface area (Å²) in [5, 5.41) is 12.6. The molecule has 0 unspecified atom stereocenters. The predicted octanol–water partition coefficient (Wildman–Crippen LogP) is 0.179. The Balaban J connectivity index is 2.19. The SMILES string of the molecule is COc1nc(N)nc(NC2(CO)CCCC2)n1. The Morgan fingerprint density at radius 1 is 1.35 bits per heavy atom. The molecule has 1 aliphatic carbocycles. The summed E-state index contributed by atoms with van der Waals surface area (Å²) in [6, 6.07) is 0.172. The van der Waals surface area contributed by atoms with Crippen molar-refractivity contribution in [3.63, 3.8) is 0 Å². The van der Waals surface area contributed by atoms with Gasteiger partial charge in [0.05, 0.1) is 19.3 Å². The number of rotatable bonds is 4. The number of aliphatic hydroxyl groups excluding tert-OH is 1. The van der Waals surface area contributed by atoms with Crippen LogP contribution < -0.4 is 15.8 Å². The normalized spacial score (nSPS) is 18.0. The zero-order valence-electron chi connectivity index (χ0n) is 9.81. The number of ether oxygens (including phenoxy) is 1. The topological polar surface area (TPSA) is 106 Å². The lowest BCUT2D eigenvalue weighted by Crippen LogP contribution is -2.39. The zero-order valence-corrected chi connectivity index (χ0v) is 9.81. The van der Waals surface area contributed by atoms with E-state index in [1.54, 1.807) is 0 Å². The van der Waals surface area contributed by atoms with E-state index in [-0.39, 0.29) is 24.1 Å². The lowest BCUT2D eigenvalue weighted by atomic mass is 9.99. The molecule has 94 valence electrons. The van der Waals surface area contributed by atoms with Gasteiger partial charge in [-0.3, -0.25) is 0 Å². The summed E-state index contributed by atoms with van der Waals surface area (Å²) in [5.41, 5.74) is 5.21. The highest BCUT2D eigenvalue weighted by Crippen LogP contribution is 2.32. The van der Waals surface area contributed by atoms with Crippen molar-refractivity contribution in [3.05, 3.63) is 0 Å². The fourth-order valence-electron chi connectivity index (χ4n) is 2.13. The number of nitrogen functional groups attached to an aromatic ring is 1. The highest BCUT2D eigenvalue weighted by Gasteiger charge is 2.34. The molecule has 0 radical (unpaired) electrons. The summed E-state index contributed by atoms with van der Waals surface area (Å²) in [7, 11) is 1.47. The first kappa shape index (κ1) is 11.8. The molecule has 0 aromatic carbocycles. The minimum absolute atomic E-state index is 0.0565. The quantitative estimate of drug-likeness (QED) is 0.688. The van der Waals surface area contributed by atoms with Crippen molar-refractivity contribution >= 4 is 11.9 Å². The van der Waals surface area contributed by atoms with Crippen molar-refractivity contribution in [3.8, 4) is 6.01 Å². The van der Waals surface area contributed by atoms with E-state index in [9.17, 15) is 5.11 Å². The van der Waals surface area contributed by atoms with Crippen LogP contribution in [-0.4, -0.2) is 39.3 Å². The highest BCUT2D eigenvalue weighted by atomic mass is 16.5. The molecule has 7 nitrogen and oxygen atoms in total. The molecule has 0 atom stereocenters. The van der Waals surface area contributed by atoms with Crippen LogP contribution in [0.3, 0.4) is 0 Å². The van der Waals surface area contributed by atoms with Gasteiger partial charge < -0.3 is 20.9 Å². The maximum Gasteiger partial charge on any atom is 0.322 e. The second-order valence-electron chi connectivity index (χ2n) is 4.27. The third kappa shape index (κ3) is 2.55. The number of hydrogen-bond donors (Lipinski definition) is 3. The van der Waals surface area contributed by atoms with Gasteiger partial charge in [0.1, 0.15) is 0 Å². The Morgan fingerprint density at radius 3 is 2.65 bits per heavy atom. The van der Waals surface area contributed by atoms with E-state index in [0.717, 1.165) is 25.7 Å². The van der Waals surface area contributed by atoms with Gasteiger partial charge in [-0.15, -0.1) is 0 Å². The molecule has 0 spiro atoms. The fourth-order valence-corrected chi connectivity index (χ4v) is 2.13. The molecule has 1 aromatic heterocycles. The first-order valence-corrected chi connectivity index (χ1v) is 5.62. The van der Waals surface area contributed by atoms with Crippen LogP contribution in [0.25, 0.3) is 0 Å². The Kier molecular flexibility index (Phi) is 3.28. The van der Waals surface area contributed by atoms with E-state index in [0.29, 0.717) is 5.95 Å². The van der Waals surface area contributed by atoms with E-state index >= 15 is 0 Å². The Morgan fingerprint density at radius 2 is 2.06 bits per heavy atom. The minimum Gasteiger partial charge on any atom is -0.467 e. The second kappa shape index (κ2) is 4.70. The third-order valence-electron chi connectivity index (χ3n) is 3.06. The average molecular weight is 239 g/mol. The molecule has 1 heterocycles. The number of nitrogens with zero attached hydrogens (tertiary/aromatic N) is 3. The predicted molar refractivity (Wildman–Crippen MR) is 62.7 cm³/mol. The van der Waals surface area contributed by atoms with Gasteiger partial charge in [-0.1, -0.05) is 12.8 Å². The maximum atomic E-state index is 9.48. The van der Waals surface area contributed by atoms with Crippen LogP contribution in [0.5, 0.6) is 6.01 Å². The fraction of sp³-hybridized carbons (Fsp3) is 0.700. The van der Waals surface area contributed by atoms with Gasteiger partial charge in [0, 0.05) is 0 Å². The molecular formula is C10H17N5O2. The van der Waals surface area contributed by atoms with Crippen LogP contribution in [0.1, 0.15) is 25.7 Å². The number of methoxy groups -OCH3 is 1. The van der Waals surface area contributed by atoms with Crippen molar-refractivity contribution in [1.82, 2.24) is 15.0 Å². The third-order valence-corrected chi connectivity index (χ3v) is 3.06. The highest BCUT2D eigenvalue weighted by molar-refractivity contribution is 5.36. The van der Waals surface area contributed by atoms with Crippen LogP contribution >= 0.6 is 0 Å². The van der Waals surface area contributed by atoms with E-state index in [1.807, 2.05) is 0 Å². The molecule has 1 aromatic rings. The average Bonchev–Trinajstić information content (AvgIpc) is 2.77. The summed E-state index contributed by atoms with van der Waals surface area (Å²) >= 11 is 0. The molecule has 0 saturated heterocycles. The summed E-state index contributed by atoms with van der Waals surface area (Å²) < 4.78 is 4.92. The number of hydrogen-bond acceptors (Lipinski definition) is 7. The lowest BCUT2D eigenvalue weighted by molar-refractivity contribution is 0.213. The molecule has 4 N–H and O–H groups in total. The molecular weight excluding hydrogens is 222 g/mol. The van der Waals surface area contributed by atoms with E-state index < -0.39 is 0 Å². The van der Waals surface area contributed by atoms with Crippen LogP contribution in [-0.2, 0) is 0 Å². The number of aromatic nitrogens is 3. The first-order valence-electron chi connectivity index (χ1n) is 5.62. The maximum absolute atomic E-state index is 9.48. The van der Waals surface area contributed by atoms with E-state index in [1.165, 1.54) is 7.11 Å². The van der Waals surface area contributed by atoms with Gasteiger partial charge >= 0.3 is 6.01 Å². The van der Waals surface area contributed by atoms with Crippen molar-refractivity contribution < 1.29 is 9.84 Å². The molecule has 1 fully saturated rings. The van der Waals surface area contributed by atoms with Gasteiger partial charge in [0.2, 0.25) is 11.9 Å². The molecule has 17 heavy (non-hydrogen) atoms. The van der Waals surface area contributed by atoms with Crippen LogP contribution in [0.2, 0.25) is 0 Å². The summed E-state index contributed by atoms with van der Waals surface area (Å²) in [6.45, 7) is 0.0565. The van der Waals surface area contributed by atoms with E-state index in [4.69, 9.17) is 10.5 Å². The van der Waals surface area contributed by atoms with Crippen molar-refractivity contribution in [2.45, 2.75) is 31.2 Å². The minimum atomic E-state index is -0.335. The van der Waals surface area contributed by atoms with Gasteiger partial charge in [-0.2, -0.15) is 15.0 Å². The van der Waals surface area contributed by atoms with Crippen molar-refractivity contribution in [1.29, 1.82) is 0 Å². The van der Waals surface area contributed by atoms with Crippen LogP contribution in [0, 0.1) is 0 Å². The molecule has 0 aliphatic heterocycles. The molecule has 1 aliphatic rings. The molecule has 0 amide bonds. The van der Waals surface area contributed by atoms with Crippen molar-refractivity contribution in [2.75, 3.05) is 24.8 Å². The van der Waals surface area contributed by atoms with Gasteiger partial charge in [-0.05, 0) is 12.8 Å². The largest absolute Gasteiger partial charge is 0.467 e. The summed E-state index contributed by atoms with van der Waals surface area (Å²) in [4.78, 5) is 11.9. The monoisotopic (exact) mass is 239 g/mol. The van der Waals surface area contributed by atoms with Crippen LogP contribution in [0.4, 0.5) is 11.9 Å². The molecule has 2 rings (SSSR count). The van der Waals surface area contributed by atoms with Crippen molar-refractivity contribution in [2.24, 2.45) is 0 Å². The number of aliphatic hydroxyl groups is 1. The summed E-state index contributed by atoms with van der Waals surface area (Å²) in [5.74, 6) is 0.454. The number of nitrogens with one attached hydrogen (secondary N) is 1. The van der Waals surface area contributed by atoms with E-state index in [2.05, 4.69) is 20.3 Å². The number of nitrogens with two attached hydrogens (primary N) is 1. The number of anilines is 2. The molecule has 0 bridgehead atoms. The van der Waals surface area contributed by atoms with Gasteiger partial charge in [0.15, 0.2) is 0 Å². The summed E-state index contributed by atoms with van der Waals surface area (Å²) in [6.07, 6.45) is 3.98. The molecule has 1 saturated carbocycles. The van der Waals surface area contributed by atoms with Gasteiger partial charge in [-0.25, -0.2) is 0 Å². The zero-order chi connectivity index (χ0) is 12.3. The standard InChI is InChI=1S/C10H17N5O2/c1-17-9-13-7(11)12-8(14-9)15-10(6-16)4-2-3-5-10/h16H,2-6H2,1H3,(H3,11,12,13,14,15). The Hall–Kier alpha value is -1.63. The second-order valence-corrected chi connectivity index (χ2v) is 4.27. The first-order chi connectivity index (χ1) is 8.17. The Labute approximate surface area is 99.4 Å². The Bertz CT molecular complexity index is 392. The smallest absolute Gasteiger partial charge is 0.322 e. The van der Waals surface area contributed by atoms with Crippen LogP contribution in [0.15, 0.2) is 0 Å². The van der Waals surface area contributed by atoms with Gasteiger partial charge in [0.25, 0.3) is 0 Å². The lowest BCUT2D eigenvalue weighted by Gasteiger charge is -2.27.